The lowest BCUT2D eigenvalue weighted by molar-refractivity contribution is -0.139. The normalized spacial score (nSPS) is 11.9. The van der Waals surface area contributed by atoms with Crippen LogP contribution in [0.5, 0.6) is 5.75 Å². The average Bonchev–Trinajstić information content (AvgIpc) is 3.01. The summed E-state index contributed by atoms with van der Waals surface area (Å²) >= 11 is 0. The minimum Gasteiger partial charge on any atom is -0.481 e. The highest BCUT2D eigenvalue weighted by Gasteiger charge is 2.23. The minimum atomic E-state index is -1.03. The maximum Gasteiger partial charge on any atom is 0.341 e. The molecule has 27 heavy (non-hydrogen) atoms. The Hall–Kier alpha value is -3.73. The van der Waals surface area contributed by atoms with Crippen molar-refractivity contribution in [2.45, 2.75) is 0 Å². The number of benzene rings is 3. The van der Waals surface area contributed by atoms with Gasteiger partial charge in [-0.1, -0.05) is 60.7 Å². The van der Waals surface area contributed by atoms with Crippen LogP contribution < -0.4 is 4.74 Å². The van der Waals surface area contributed by atoms with Crippen LogP contribution in [0.4, 0.5) is 0 Å². The quantitative estimate of drug-likeness (QED) is 0.434. The van der Waals surface area contributed by atoms with Gasteiger partial charge in [0.25, 0.3) is 0 Å². The van der Waals surface area contributed by atoms with Gasteiger partial charge in [-0.05, 0) is 23.3 Å². The minimum absolute atomic E-state index is 0.403. The number of aliphatic carboxylic acids is 1. The fourth-order valence-electron chi connectivity index (χ4n) is 3.11. The number of hydrogen-bond donors (Lipinski definition) is 1. The summed E-state index contributed by atoms with van der Waals surface area (Å²) in [7, 11) is 0. The zero-order valence-electron chi connectivity index (χ0n) is 14.4. The second-order valence-corrected chi connectivity index (χ2v) is 6.00. The second kappa shape index (κ2) is 7.25. The number of hydrogen-bond acceptors (Lipinski definition) is 4. The van der Waals surface area contributed by atoms with Gasteiger partial charge in [0, 0.05) is 16.7 Å². The molecule has 4 rings (SSSR count). The Morgan fingerprint density at radius 2 is 1.41 bits per heavy atom. The molecule has 3 aromatic rings. The summed E-state index contributed by atoms with van der Waals surface area (Å²) in [6.07, 6.45) is 1.58. The zero-order chi connectivity index (χ0) is 18.6. The van der Waals surface area contributed by atoms with Crippen LogP contribution in [0.25, 0.3) is 11.1 Å². The molecular weight excluding hydrogens is 340 g/mol. The maximum absolute atomic E-state index is 10.7. The predicted octanol–water partition coefficient (Wildman–Crippen LogP) is 4.00. The van der Waals surface area contributed by atoms with E-state index >= 15 is 0 Å². The van der Waals surface area contributed by atoms with Crippen molar-refractivity contribution in [3.63, 3.8) is 0 Å². The van der Waals surface area contributed by atoms with Crippen LogP contribution in [0.15, 0.2) is 83.0 Å². The third-order valence-electron chi connectivity index (χ3n) is 4.28. The second-order valence-electron chi connectivity index (χ2n) is 6.00. The Morgan fingerprint density at radius 3 is 2.04 bits per heavy atom. The Kier molecular flexibility index (Phi) is 4.49. The van der Waals surface area contributed by atoms with E-state index in [4.69, 9.17) is 9.84 Å². The summed E-state index contributed by atoms with van der Waals surface area (Å²) in [5.41, 5.74) is 5.88. The molecule has 0 spiro atoms. The van der Waals surface area contributed by atoms with Crippen molar-refractivity contribution < 1.29 is 14.6 Å². The van der Waals surface area contributed by atoms with E-state index in [0.717, 1.165) is 28.0 Å². The summed E-state index contributed by atoms with van der Waals surface area (Å²) in [6.45, 7) is -0.403. The van der Waals surface area contributed by atoms with E-state index in [0.29, 0.717) is 11.3 Å². The van der Waals surface area contributed by atoms with E-state index in [9.17, 15) is 4.79 Å². The highest BCUT2D eigenvalue weighted by atomic mass is 16.5. The molecule has 0 atom stereocenters. The van der Waals surface area contributed by atoms with Crippen LogP contribution in [0.1, 0.15) is 16.7 Å². The largest absolute Gasteiger partial charge is 0.481 e. The molecular formula is C22H16N2O3. The van der Waals surface area contributed by atoms with Crippen LogP contribution in [-0.2, 0) is 4.79 Å². The molecule has 0 radical (unpaired) electrons. The number of carboxylic acid groups (broad SMARTS) is 1. The number of carboxylic acids is 1. The van der Waals surface area contributed by atoms with E-state index in [1.54, 1.807) is 24.4 Å². The van der Waals surface area contributed by atoms with Gasteiger partial charge in [0.2, 0.25) is 0 Å². The predicted molar refractivity (Wildman–Crippen MR) is 105 cm³/mol. The molecule has 1 aliphatic rings. The molecule has 0 aliphatic heterocycles. The van der Waals surface area contributed by atoms with E-state index in [-0.39, 0.29) is 0 Å². The molecule has 0 amide bonds. The molecule has 0 saturated carbocycles. The number of carbonyl (C=O) groups is 1. The molecule has 0 unspecified atom stereocenters. The smallest absolute Gasteiger partial charge is 0.341 e. The molecule has 1 aliphatic carbocycles. The topological polar surface area (TPSA) is 71.2 Å². The molecule has 0 aromatic heterocycles. The summed E-state index contributed by atoms with van der Waals surface area (Å²) in [5.74, 6) is -0.572. The first-order chi connectivity index (χ1) is 13.2. The molecule has 1 N–H and O–H groups in total. The lowest BCUT2D eigenvalue weighted by Crippen LogP contribution is -2.10. The molecule has 5 nitrogen and oxygen atoms in total. The SMILES string of the molecule is O=C(O)COc1ccccc1/C=N\N=C1c2ccccc2-c2ccccc21. The molecule has 0 heterocycles. The standard InChI is InChI=1S/C22H16N2O3/c25-21(26)14-27-20-12-6-1-7-15(20)13-23-24-22-18-10-4-2-8-16(18)17-9-3-5-11-19(17)22/h1-13H,14H2,(H,25,26)/b23-13-. The van der Waals surface area contributed by atoms with Crippen molar-refractivity contribution in [2.75, 3.05) is 6.61 Å². The van der Waals surface area contributed by atoms with Crippen molar-refractivity contribution in [1.29, 1.82) is 0 Å². The van der Waals surface area contributed by atoms with Gasteiger partial charge >= 0.3 is 5.97 Å². The Morgan fingerprint density at radius 1 is 0.852 bits per heavy atom. The lowest BCUT2D eigenvalue weighted by atomic mass is 10.1. The van der Waals surface area contributed by atoms with Gasteiger partial charge in [0.1, 0.15) is 11.5 Å². The zero-order valence-corrected chi connectivity index (χ0v) is 14.4. The summed E-state index contributed by atoms with van der Waals surface area (Å²) in [5, 5.41) is 17.5. The van der Waals surface area contributed by atoms with Crippen molar-refractivity contribution in [3.05, 3.63) is 89.5 Å². The molecule has 3 aromatic carbocycles. The number of fused-ring (bicyclic) bond motifs is 3. The first kappa shape index (κ1) is 16.7. The Bertz CT molecular complexity index is 1020. The molecule has 132 valence electrons. The van der Waals surface area contributed by atoms with Gasteiger partial charge < -0.3 is 9.84 Å². The number of nitrogens with zero attached hydrogens (tertiary/aromatic N) is 2. The van der Waals surface area contributed by atoms with Gasteiger partial charge in [-0.25, -0.2) is 4.79 Å². The van der Waals surface area contributed by atoms with Crippen molar-refractivity contribution in [2.24, 2.45) is 10.2 Å². The van der Waals surface area contributed by atoms with Crippen molar-refractivity contribution in [1.82, 2.24) is 0 Å². The van der Waals surface area contributed by atoms with E-state index < -0.39 is 12.6 Å². The fourth-order valence-corrected chi connectivity index (χ4v) is 3.11. The first-order valence-electron chi connectivity index (χ1n) is 8.48. The highest BCUT2D eigenvalue weighted by Crippen LogP contribution is 2.36. The van der Waals surface area contributed by atoms with Gasteiger partial charge in [0.05, 0.1) is 6.21 Å². The molecule has 0 saturated heterocycles. The summed E-state index contributed by atoms with van der Waals surface area (Å²) in [4.78, 5) is 10.7. The van der Waals surface area contributed by atoms with Crippen LogP contribution in [0.2, 0.25) is 0 Å². The van der Waals surface area contributed by atoms with Crippen LogP contribution in [0.3, 0.4) is 0 Å². The molecule has 0 fully saturated rings. The van der Waals surface area contributed by atoms with Crippen LogP contribution in [-0.4, -0.2) is 29.6 Å². The Labute approximate surface area is 156 Å². The summed E-state index contributed by atoms with van der Waals surface area (Å²) in [6, 6.07) is 23.3. The van der Waals surface area contributed by atoms with Crippen molar-refractivity contribution >= 4 is 17.9 Å². The Balaban J connectivity index is 1.67. The van der Waals surface area contributed by atoms with E-state index in [1.165, 1.54) is 0 Å². The number of rotatable bonds is 5. The number of ether oxygens (including phenoxy) is 1. The third kappa shape index (κ3) is 3.35. The van der Waals surface area contributed by atoms with E-state index in [1.807, 2.05) is 42.5 Å². The highest BCUT2D eigenvalue weighted by molar-refractivity contribution is 6.24. The fraction of sp³-hybridized carbons (Fsp3) is 0.0455. The monoisotopic (exact) mass is 356 g/mol. The van der Waals surface area contributed by atoms with Crippen LogP contribution in [0, 0.1) is 0 Å². The first-order valence-corrected chi connectivity index (χ1v) is 8.48. The van der Waals surface area contributed by atoms with Crippen LogP contribution >= 0.6 is 0 Å². The molecule has 0 bridgehead atoms. The van der Waals surface area contributed by atoms with Gasteiger partial charge in [-0.3, -0.25) is 0 Å². The van der Waals surface area contributed by atoms with Gasteiger partial charge in [-0.2, -0.15) is 5.10 Å². The third-order valence-corrected chi connectivity index (χ3v) is 4.28. The van der Waals surface area contributed by atoms with Gasteiger partial charge in [-0.15, -0.1) is 5.10 Å². The van der Waals surface area contributed by atoms with Gasteiger partial charge in [0.15, 0.2) is 6.61 Å². The van der Waals surface area contributed by atoms with Crippen molar-refractivity contribution in [3.8, 4) is 16.9 Å². The molecule has 5 heteroatoms. The average molecular weight is 356 g/mol. The van der Waals surface area contributed by atoms with E-state index in [2.05, 4.69) is 22.3 Å². The maximum atomic E-state index is 10.7. The summed E-state index contributed by atoms with van der Waals surface area (Å²) < 4.78 is 5.29. The number of para-hydroxylation sites is 1. The lowest BCUT2D eigenvalue weighted by Gasteiger charge is -2.05.